The van der Waals surface area contributed by atoms with Crippen molar-refractivity contribution in [3.8, 4) is 11.1 Å². The maximum Gasteiger partial charge on any atom is 0.249 e. The first-order valence-electron chi connectivity index (χ1n) is 7.01. The highest BCUT2D eigenvalue weighted by Crippen LogP contribution is 2.29. The van der Waals surface area contributed by atoms with Gasteiger partial charge in [0.05, 0.1) is 0 Å². The monoisotopic (exact) mass is 284 g/mol. The number of nitrogens with two attached hydrogens (primary N) is 1. The Labute approximate surface area is 123 Å². The number of alkyl halides is 1. The van der Waals surface area contributed by atoms with Gasteiger partial charge in [0, 0.05) is 24.6 Å². The van der Waals surface area contributed by atoms with Crippen molar-refractivity contribution < 1.29 is 9.18 Å². The van der Waals surface area contributed by atoms with Gasteiger partial charge < -0.3 is 11.1 Å². The summed E-state index contributed by atoms with van der Waals surface area (Å²) in [5.74, 6) is -0.538. The van der Waals surface area contributed by atoms with Crippen molar-refractivity contribution in [3.05, 3.63) is 59.7 Å². The molecule has 1 aliphatic heterocycles. The summed E-state index contributed by atoms with van der Waals surface area (Å²) in [6.07, 6.45) is -0.839. The Hall–Kier alpha value is -2.20. The van der Waals surface area contributed by atoms with Crippen LogP contribution >= 0.6 is 0 Å². The summed E-state index contributed by atoms with van der Waals surface area (Å²) < 4.78 is 13.7. The average Bonchev–Trinajstić information content (AvgIpc) is 2.93. The summed E-state index contributed by atoms with van der Waals surface area (Å²) in [4.78, 5) is 11.5. The van der Waals surface area contributed by atoms with E-state index in [1.54, 1.807) is 12.1 Å². The minimum Gasteiger partial charge on any atom is -0.366 e. The standard InChI is InChI=1S/C17H17FN2O/c18-16-10-20-9-15(16)12-7-5-11(6-8-12)13-3-1-2-4-14(13)17(19)21/h1-8,15-16,20H,9-10H2,(H2,19,21)/t15-,16-/m0/s1. The van der Waals surface area contributed by atoms with E-state index in [2.05, 4.69) is 5.32 Å². The molecule has 3 nitrogen and oxygen atoms in total. The predicted octanol–water partition coefficient (Wildman–Crippen LogP) is 2.48. The van der Waals surface area contributed by atoms with Crippen LogP contribution in [-0.2, 0) is 0 Å². The van der Waals surface area contributed by atoms with Gasteiger partial charge in [0.25, 0.3) is 0 Å². The minimum absolute atomic E-state index is 0.0922. The Kier molecular flexibility index (Phi) is 3.71. The zero-order valence-corrected chi connectivity index (χ0v) is 11.6. The Morgan fingerprint density at radius 3 is 2.43 bits per heavy atom. The molecule has 1 saturated heterocycles. The second-order valence-electron chi connectivity index (χ2n) is 5.31. The molecule has 0 spiro atoms. The number of hydrogen-bond donors (Lipinski definition) is 2. The number of carbonyl (C=O) groups is 1. The van der Waals surface area contributed by atoms with Gasteiger partial charge in [0.15, 0.2) is 0 Å². The van der Waals surface area contributed by atoms with Crippen molar-refractivity contribution in [1.82, 2.24) is 5.32 Å². The molecule has 0 aromatic heterocycles. The molecule has 21 heavy (non-hydrogen) atoms. The van der Waals surface area contributed by atoms with Crippen LogP contribution in [0.15, 0.2) is 48.5 Å². The van der Waals surface area contributed by atoms with E-state index in [1.165, 1.54) is 0 Å². The molecule has 2 aromatic rings. The molecule has 2 aromatic carbocycles. The van der Waals surface area contributed by atoms with Gasteiger partial charge in [-0.25, -0.2) is 4.39 Å². The zero-order valence-electron chi connectivity index (χ0n) is 11.6. The first-order chi connectivity index (χ1) is 10.2. The summed E-state index contributed by atoms with van der Waals surface area (Å²) >= 11 is 0. The number of primary amides is 1. The van der Waals surface area contributed by atoms with E-state index in [0.29, 0.717) is 18.7 Å². The lowest BCUT2D eigenvalue weighted by atomic mass is 9.93. The number of halogens is 1. The maximum absolute atomic E-state index is 13.7. The van der Waals surface area contributed by atoms with Gasteiger partial charge in [-0.05, 0) is 22.8 Å². The van der Waals surface area contributed by atoms with E-state index in [0.717, 1.165) is 16.7 Å². The molecular weight excluding hydrogens is 267 g/mol. The lowest BCUT2D eigenvalue weighted by molar-refractivity contribution is 0.100. The van der Waals surface area contributed by atoms with Gasteiger partial charge in [0.2, 0.25) is 5.91 Å². The van der Waals surface area contributed by atoms with Crippen LogP contribution in [0.25, 0.3) is 11.1 Å². The third-order valence-electron chi connectivity index (χ3n) is 3.98. The van der Waals surface area contributed by atoms with Crippen LogP contribution in [0.5, 0.6) is 0 Å². The number of benzene rings is 2. The fourth-order valence-corrected chi connectivity index (χ4v) is 2.83. The Morgan fingerprint density at radius 1 is 1.10 bits per heavy atom. The van der Waals surface area contributed by atoms with Gasteiger partial charge in [-0.15, -0.1) is 0 Å². The van der Waals surface area contributed by atoms with Crippen molar-refractivity contribution in [2.45, 2.75) is 12.1 Å². The van der Waals surface area contributed by atoms with Crippen LogP contribution in [0, 0.1) is 0 Å². The largest absolute Gasteiger partial charge is 0.366 e. The number of rotatable bonds is 3. The lowest BCUT2D eigenvalue weighted by Crippen LogP contribution is -2.12. The molecule has 0 bridgehead atoms. The lowest BCUT2D eigenvalue weighted by Gasteiger charge is -2.13. The molecule has 3 rings (SSSR count). The van der Waals surface area contributed by atoms with Gasteiger partial charge in [-0.1, -0.05) is 42.5 Å². The smallest absolute Gasteiger partial charge is 0.249 e. The molecule has 2 atom stereocenters. The maximum atomic E-state index is 13.7. The second-order valence-corrected chi connectivity index (χ2v) is 5.31. The summed E-state index contributed by atoms with van der Waals surface area (Å²) in [6.45, 7) is 1.08. The van der Waals surface area contributed by atoms with Crippen LogP contribution in [-0.4, -0.2) is 25.2 Å². The van der Waals surface area contributed by atoms with Gasteiger partial charge in [-0.2, -0.15) is 0 Å². The zero-order chi connectivity index (χ0) is 14.8. The van der Waals surface area contributed by atoms with E-state index >= 15 is 0 Å². The molecule has 0 aliphatic carbocycles. The molecule has 3 N–H and O–H groups in total. The first-order valence-corrected chi connectivity index (χ1v) is 7.01. The Morgan fingerprint density at radius 2 is 1.81 bits per heavy atom. The SMILES string of the molecule is NC(=O)c1ccccc1-c1ccc([C@@H]2CNC[C@@H]2F)cc1. The molecule has 0 unspecified atom stereocenters. The van der Waals surface area contributed by atoms with Crippen LogP contribution in [0.3, 0.4) is 0 Å². The molecule has 0 radical (unpaired) electrons. The molecular formula is C17H17FN2O. The van der Waals surface area contributed by atoms with Crippen LogP contribution in [0.4, 0.5) is 4.39 Å². The van der Waals surface area contributed by atoms with E-state index in [1.807, 2.05) is 36.4 Å². The fourth-order valence-electron chi connectivity index (χ4n) is 2.83. The molecule has 4 heteroatoms. The normalized spacial score (nSPS) is 21.4. The van der Waals surface area contributed by atoms with Crippen LogP contribution in [0.2, 0.25) is 0 Å². The fraction of sp³-hybridized carbons (Fsp3) is 0.235. The Balaban J connectivity index is 1.93. The molecule has 1 aliphatic rings. The van der Waals surface area contributed by atoms with Gasteiger partial charge in [-0.3, -0.25) is 4.79 Å². The van der Waals surface area contributed by atoms with Crippen LogP contribution in [0.1, 0.15) is 21.8 Å². The van der Waals surface area contributed by atoms with E-state index in [9.17, 15) is 9.18 Å². The summed E-state index contributed by atoms with van der Waals surface area (Å²) in [5.41, 5.74) is 8.59. The van der Waals surface area contributed by atoms with Crippen molar-refractivity contribution in [1.29, 1.82) is 0 Å². The van der Waals surface area contributed by atoms with E-state index in [4.69, 9.17) is 5.73 Å². The first kappa shape index (κ1) is 13.8. The highest BCUT2D eigenvalue weighted by Gasteiger charge is 2.27. The van der Waals surface area contributed by atoms with Crippen LogP contribution < -0.4 is 11.1 Å². The average molecular weight is 284 g/mol. The van der Waals surface area contributed by atoms with Gasteiger partial charge in [0.1, 0.15) is 6.17 Å². The van der Waals surface area contributed by atoms with Crippen molar-refractivity contribution >= 4 is 5.91 Å². The minimum atomic E-state index is -0.839. The molecule has 1 heterocycles. The molecule has 108 valence electrons. The summed E-state index contributed by atoms with van der Waals surface area (Å²) in [5, 5.41) is 3.05. The van der Waals surface area contributed by atoms with Crippen molar-refractivity contribution in [2.75, 3.05) is 13.1 Å². The van der Waals surface area contributed by atoms with E-state index < -0.39 is 12.1 Å². The molecule has 1 amide bonds. The summed E-state index contributed by atoms with van der Waals surface area (Å²) in [7, 11) is 0. The Bertz CT molecular complexity index is 654. The van der Waals surface area contributed by atoms with E-state index in [-0.39, 0.29) is 5.92 Å². The number of nitrogens with one attached hydrogen (secondary N) is 1. The summed E-state index contributed by atoms with van der Waals surface area (Å²) in [6, 6.07) is 14.9. The second kappa shape index (κ2) is 5.66. The molecule has 1 fully saturated rings. The van der Waals surface area contributed by atoms with Crippen molar-refractivity contribution in [3.63, 3.8) is 0 Å². The number of hydrogen-bond acceptors (Lipinski definition) is 2. The van der Waals surface area contributed by atoms with Gasteiger partial charge >= 0.3 is 0 Å². The quantitative estimate of drug-likeness (QED) is 0.909. The molecule has 0 saturated carbocycles. The third-order valence-corrected chi connectivity index (χ3v) is 3.98. The predicted molar refractivity (Wildman–Crippen MR) is 80.9 cm³/mol. The number of amides is 1. The highest BCUT2D eigenvalue weighted by atomic mass is 19.1. The number of carbonyl (C=O) groups excluding carboxylic acids is 1. The topological polar surface area (TPSA) is 55.1 Å². The third kappa shape index (κ3) is 2.67. The van der Waals surface area contributed by atoms with Crippen molar-refractivity contribution in [2.24, 2.45) is 5.73 Å². The highest BCUT2D eigenvalue weighted by molar-refractivity contribution is 5.99.